The summed E-state index contributed by atoms with van der Waals surface area (Å²) >= 11 is 0. The second-order valence-electron chi connectivity index (χ2n) is 6.88. The van der Waals surface area contributed by atoms with Gasteiger partial charge in [-0.2, -0.15) is 0 Å². The standard InChI is InChI=1S/C20H26N4O3/c1-14(22-20(26)15-10-18(12-21)27-13-15)9-19(25)23-16-5-4-6-17(11-16)24-7-2-3-8-24/h4-6,10-11,13-14H,2-3,7-9,12,21H2,1H3,(H,22,26)(H,23,25). The number of rotatable bonds is 7. The Morgan fingerprint density at radius 3 is 2.74 bits per heavy atom. The van der Waals surface area contributed by atoms with E-state index in [1.807, 2.05) is 18.2 Å². The molecule has 27 heavy (non-hydrogen) atoms. The van der Waals surface area contributed by atoms with Gasteiger partial charge in [0.15, 0.2) is 0 Å². The zero-order valence-corrected chi connectivity index (χ0v) is 15.5. The third kappa shape index (κ3) is 5.10. The van der Waals surface area contributed by atoms with Gasteiger partial charge in [-0.1, -0.05) is 6.07 Å². The third-order valence-corrected chi connectivity index (χ3v) is 4.59. The van der Waals surface area contributed by atoms with Crippen molar-refractivity contribution in [3.05, 3.63) is 47.9 Å². The molecule has 4 N–H and O–H groups in total. The summed E-state index contributed by atoms with van der Waals surface area (Å²) in [5, 5.41) is 5.71. The van der Waals surface area contributed by atoms with Crippen molar-refractivity contribution in [1.82, 2.24) is 5.32 Å². The quantitative estimate of drug-likeness (QED) is 0.695. The van der Waals surface area contributed by atoms with Gasteiger partial charge in [-0.3, -0.25) is 9.59 Å². The smallest absolute Gasteiger partial charge is 0.254 e. The highest BCUT2D eigenvalue weighted by molar-refractivity contribution is 5.95. The van der Waals surface area contributed by atoms with Crippen molar-refractivity contribution in [2.45, 2.75) is 38.8 Å². The molecule has 1 fully saturated rings. The zero-order chi connectivity index (χ0) is 19.2. The van der Waals surface area contributed by atoms with Gasteiger partial charge < -0.3 is 25.7 Å². The predicted molar refractivity (Wildman–Crippen MR) is 105 cm³/mol. The number of carbonyl (C=O) groups is 2. The third-order valence-electron chi connectivity index (χ3n) is 4.59. The number of nitrogens with zero attached hydrogens (tertiary/aromatic N) is 1. The first-order chi connectivity index (χ1) is 13.0. The molecule has 0 aliphatic carbocycles. The number of carbonyl (C=O) groups excluding carboxylic acids is 2. The fourth-order valence-corrected chi connectivity index (χ4v) is 3.21. The average Bonchev–Trinajstić information content (AvgIpc) is 3.33. The van der Waals surface area contributed by atoms with Gasteiger partial charge in [0.1, 0.15) is 12.0 Å². The average molecular weight is 370 g/mol. The van der Waals surface area contributed by atoms with E-state index >= 15 is 0 Å². The highest BCUT2D eigenvalue weighted by Crippen LogP contribution is 2.23. The maximum atomic E-state index is 12.3. The number of anilines is 2. The highest BCUT2D eigenvalue weighted by Gasteiger charge is 2.16. The van der Waals surface area contributed by atoms with Gasteiger partial charge in [0, 0.05) is 36.9 Å². The zero-order valence-electron chi connectivity index (χ0n) is 15.5. The lowest BCUT2D eigenvalue weighted by molar-refractivity contribution is -0.116. The molecule has 1 aromatic carbocycles. The minimum Gasteiger partial charge on any atom is -0.467 e. The number of hydrogen-bond acceptors (Lipinski definition) is 5. The molecular weight excluding hydrogens is 344 g/mol. The van der Waals surface area contributed by atoms with Crippen LogP contribution in [0.1, 0.15) is 42.3 Å². The van der Waals surface area contributed by atoms with E-state index in [1.54, 1.807) is 13.0 Å². The molecule has 0 spiro atoms. The lowest BCUT2D eigenvalue weighted by atomic mass is 10.2. The van der Waals surface area contributed by atoms with Crippen LogP contribution < -0.4 is 21.3 Å². The highest BCUT2D eigenvalue weighted by atomic mass is 16.3. The summed E-state index contributed by atoms with van der Waals surface area (Å²) in [5.41, 5.74) is 7.77. The molecule has 2 aromatic rings. The molecule has 2 heterocycles. The van der Waals surface area contributed by atoms with Crippen LogP contribution in [0.4, 0.5) is 11.4 Å². The van der Waals surface area contributed by atoms with Crippen LogP contribution in [0.2, 0.25) is 0 Å². The number of benzene rings is 1. The molecule has 1 aliphatic rings. The van der Waals surface area contributed by atoms with Crippen LogP contribution in [0.25, 0.3) is 0 Å². The SMILES string of the molecule is CC(CC(=O)Nc1cccc(N2CCCC2)c1)NC(=O)c1coc(CN)c1. The number of nitrogens with two attached hydrogens (primary N) is 1. The minimum absolute atomic E-state index is 0.142. The van der Waals surface area contributed by atoms with E-state index in [0.717, 1.165) is 24.5 Å². The lowest BCUT2D eigenvalue weighted by Gasteiger charge is -2.19. The van der Waals surface area contributed by atoms with Crippen molar-refractivity contribution in [1.29, 1.82) is 0 Å². The minimum atomic E-state index is -0.310. The lowest BCUT2D eigenvalue weighted by Crippen LogP contribution is -2.35. The monoisotopic (exact) mass is 370 g/mol. The largest absolute Gasteiger partial charge is 0.467 e. The van der Waals surface area contributed by atoms with Gasteiger partial charge in [-0.25, -0.2) is 0 Å². The van der Waals surface area contributed by atoms with Crippen molar-refractivity contribution in [2.75, 3.05) is 23.3 Å². The fourth-order valence-electron chi connectivity index (χ4n) is 3.21. The van der Waals surface area contributed by atoms with Crippen LogP contribution in [0.15, 0.2) is 41.0 Å². The fraction of sp³-hybridized carbons (Fsp3) is 0.400. The maximum absolute atomic E-state index is 12.3. The molecule has 1 atom stereocenters. The van der Waals surface area contributed by atoms with Crippen LogP contribution in [0, 0.1) is 0 Å². The molecular formula is C20H26N4O3. The Balaban J connectivity index is 1.51. The van der Waals surface area contributed by atoms with E-state index in [-0.39, 0.29) is 30.8 Å². The van der Waals surface area contributed by atoms with E-state index in [2.05, 4.69) is 21.6 Å². The van der Waals surface area contributed by atoms with Crippen molar-refractivity contribution >= 4 is 23.2 Å². The van der Waals surface area contributed by atoms with Gasteiger partial charge >= 0.3 is 0 Å². The van der Waals surface area contributed by atoms with Crippen LogP contribution in [0.3, 0.4) is 0 Å². The summed E-state index contributed by atoms with van der Waals surface area (Å²) in [6, 6.07) is 9.17. The van der Waals surface area contributed by atoms with Crippen molar-refractivity contribution < 1.29 is 14.0 Å². The Bertz CT molecular complexity index is 796. The summed E-state index contributed by atoms with van der Waals surface area (Å²) in [4.78, 5) is 26.8. The Morgan fingerprint density at radius 2 is 2.04 bits per heavy atom. The van der Waals surface area contributed by atoms with Crippen molar-refractivity contribution in [3.8, 4) is 0 Å². The van der Waals surface area contributed by atoms with Gasteiger partial charge in [0.05, 0.1) is 12.1 Å². The first kappa shape index (κ1) is 19.0. The Hall–Kier alpha value is -2.80. The first-order valence-corrected chi connectivity index (χ1v) is 9.28. The molecule has 1 unspecified atom stereocenters. The molecule has 7 heteroatoms. The molecule has 0 saturated carbocycles. The van der Waals surface area contributed by atoms with Gasteiger partial charge in [-0.15, -0.1) is 0 Å². The summed E-state index contributed by atoms with van der Waals surface area (Å²) in [6.07, 6.45) is 3.96. The van der Waals surface area contributed by atoms with E-state index < -0.39 is 0 Å². The number of amides is 2. The molecule has 2 amide bonds. The Labute approximate surface area is 158 Å². The molecule has 144 valence electrons. The molecule has 1 aliphatic heterocycles. The second-order valence-corrected chi connectivity index (χ2v) is 6.88. The number of nitrogens with one attached hydrogen (secondary N) is 2. The molecule has 3 rings (SSSR count). The summed E-state index contributed by atoms with van der Waals surface area (Å²) in [5.74, 6) is 0.120. The van der Waals surface area contributed by atoms with Crippen LogP contribution >= 0.6 is 0 Å². The van der Waals surface area contributed by atoms with Gasteiger partial charge in [0.2, 0.25) is 5.91 Å². The van der Waals surface area contributed by atoms with Crippen molar-refractivity contribution in [3.63, 3.8) is 0 Å². The summed E-state index contributed by atoms with van der Waals surface area (Å²) in [7, 11) is 0. The van der Waals surface area contributed by atoms with Crippen LogP contribution in [0.5, 0.6) is 0 Å². The Kier molecular flexibility index (Phi) is 6.13. The van der Waals surface area contributed by atoms with E-state index in [4.69, 9.17) is 10.2 Å². The Morgan fingerprint density at radius 1 is 1.26 bits per heavy atom. The molecule has 7 nitrogen and oxygen atoms in total. The van der Waals surface area contributed by atoms with Gasteiger partial charge in [0.25, 0.3) is 5.91 Å². The second kappa shape index (κ2) is 8.73. The molecule has 1 saturated heterocycles. The number of hydrogen-bond donors (Lipinski definition) is 3. The molecule has 0 radical (unpaired) electrons. The maximum Gasteiger partial charge on any atom is 0.254 e. The molecule has 1 aromatic heterocycles. The van der Waals surface area contributed by atoms with E-state index in [0.29, 0.717) is 11.3 Å². The van der Waals surface area contributed by atoms with Gasteiger partial charge in [-0.05, 0) is 44.0 Å². The molecule has 0 bridgehead atoms. The van der Waals surface area contributed by atoms with E-state index in [1.165, 1.54) is 19.1 Å². The normalized spacial score (nSPS) is 14.8. The first-order valence-electron chi connectivity index (χ1n) is 9.28. The topological polar surface area (TPSA) is 101 Å². The van der Waals surface area contributed by atoms with Crippen LogP contribution in [-0.4, -0.2) is 30.9 Å². The van der Waals surface area contributed by atoms with E-state index in [9.17, 15) is 9.59 Å². The predicted octanol–water partition coefficient (Wildman–Crippen LogP) is 2.49. The summed E-state index contributed by atoms with van der Waals surface area (Å²) < 4.78 is 5.16. The summed E-state index contributed by atoms with van der Waals surface area (Å²) in [6.45, 7) is 4.14. The number of furan rings is 1. The van der Waals surface area contributed by atoms with Crippen LogP contribution in [-0.2, 0) is 11.3 Å². The van der Waals surface area contributed by atoms with Crippen molar-refractivity contribution in [2.24, 2.45) is 5.73 Å².